The lowest BCUT2D eigenvalue weighted by Crippen LogP contribution is -2.44. The van der Waals surface area contributed by atoms with Gasteiger partial charge in [-0.3, -0.25) is 4.79 Å². The summed E-state index contributed by atoms with van der Waals surface area (Å²) >= 11 is 3.29. The molecule has 1 fully saturated rings. The van der Waals surface area contributed by atoms with E-state index in [9.17, 15) is 9.90 Å². The number of carbonyl (C=O) groups is 1. The van der Waals surface area contributed by atoms with Crippen molar-refractivity contribution in [1.82, 2.24) is 5.32 Å². The van der Waals surface area contributed by atoms with Crippen molar-refractivity contribution >= 4 is 21.8 Å². The summed E-state index contributed by atoms with van der Waals surface area (Å²) in [5.74, 6) is 0.521. The van der Waals surface area contributed by atoms with Crippen molar-refractivity contribution in [1.29, 1.82) is 0 Å². The van der Waals surface area contributed by atoms with Crippen molar-refractivity contribution in [2.45, 2.75) is 25.2 Å². The Kier molecular flexibility index (Phi) is 6.39. The molecular formula is C21H24BrNO4. The van der Waals surface area contributed by atoms with Gasteiger partial charge in [-0.15, -0.1) is 0 Å². The Morgan fingerprint density at radius 3 is 2.56 bits per heavy atom. The predicted octanol–water partition coefficient (Wildman–Crippen LogP) is 4.03. The lowest BCUT2D eigenvalue weighted by molar-refractivity contribution is 0.0486. The minimum atomic E-state index is -0.281. The number of halogens is 1. The fourth-order valence-electron chi connectivity index (χ4n) is 3.44. The maximum atomic E-state index is 12.6. The summed E-state index contributed by atoms with van der Waals surface area (Å²) in [6.07, 6.45) is 1.65. The topological polar surface area (TPSA) is 67.8 Å². The van der Waals surface area contributed by atoms with Crippen LogP contribution in [0.2, 0.25) is 0 Å². The van der Waals surface area contributed by atoms with Gasteiger partial charge < -0.3 is 19.9 Å². The first-order valence-electron chi connectivity index (χ1n) is 9.12. The predicted molar refractivity (Wildman–Crippen MR) is 107 cm³/mol. The van der Waals surface area contributed by atoms with E-state index in [0.717, 1.165) is 28.6 Å². The molecule has 1 aliphatic heterocycles. The number of hydrogen-bond acceptors (Lipinski definition) is 4. The Morgan fingerprint density at radius 2 is 1.93 bits per heavy atom. The summed E-state index contributed by atoms with van der Waals surface area (Å²) in [6, 6.07) is 13.0. The van der Waals surface area contributed by atoms with Crippen molar-refractivity contribution in [2.75, 3.05) is 26.4 Å². The van der Waals surface area contributed by atoms with Gasteiger partial charge in [-0.25, -0.2) is 0 Å². The van der Waals surface area contributed by atoms with Crippen molar-refractivity contribution in [3.63, 3.8) is 0 Å². The van der Waals surface area contributed by atoms with Crippen LogP contribution in [0, 0.1) is 0 Å². The van der Waals surface area contributed by atoms with Gasteiger partial charge in [-0.1, -0.05) is 28.1 Å². The number of amides is 1. The van der Waals surface area contributed by atoms with E-state index in [-0.39, 0.29) is 22.6 Å². The molecular weight excluding hydrogens is 410 g/mol. The lowest BCUT2D eigenvalue weighted by atomic mass is 9.74. The van der Waals surface area contributed by atoms with E-state index in [1.807, 2.05) is 19.1 Å². The molecule has 1 saturated heterocycles. The smallest absolute Gasteiger partial charge is 0.255 e. The standard InChI is InChI=1S/C21H24BrNO4/c1-2-27-17-6-3-15(4-7-17)21(9-11-26-12-10-21)14-23-20(25)18-8-5-16(22)13-19(18)24/h3-8,13,24H,2,9-12,14H2,1H3,(H,23,25). The summed E-state index contributed by atoms with van der Waals surface area (Å²) in [7, 11) is 0. The SMILES string of the molecule is CCOc1ccc(C2(CNC(=O)c3ccc(Br)cc3O)CCOCC2)cc1. The molecule has 144 valence electrons. The number of nitrogens with one attached hydrogen (secondary N) is 1. The number of phenols is 1. The normalized spacial score (nSPS) is 15.9. The highest BCUT2D eigenvalue weighted by atomic mass is 79.9. The van der Waals surface area contributed by atoms with Gasteiger partial charge >= 0.3 is 0 Å². The zero-order chi connectivity index (χ0) is 19.3. The Bertz CT molecular complexity index is 785. The summed E-state index contributed by atoms with van der Waals surface area (Å²) in [4.78, 5) is 12.6. The molecule has 1 heterocycles. The first kappa shape index (κ1) is 19.7. The molecule has 0 aromatic heterocycles. The molecule has 0 unspecified atom stereocenters. The number of phenolic OH excluding ortho intramolecular Hbond substituents is 1. The third-order valence-electron chi connectivity index (χ3n) is 5.02. The van der Waals surface area contributed by atoms with E-state index in [1.54, 1.807) is 12.1 Å². The average Bonchev–Trinajstić information content (AvgIpc) is 2.68. The van der Waals surface area contributed by atoms with E-state index in [1.165, 1.54) is 6.07 Å². The minimum Gasteiger partial charge on any atom is -0.507 e. The molecule has 0 saturated carbocycles. The van der Waals surface area contributed by atoms with Crippen LogP contribution < -0.4 is 10.1 Å². The van der Waals surface area contributed by atoms with Crippen molar-refractivity contribution in [3.05, 3.63) is 58.1 Å². The van der Waals surface area contributed by atoms with Gasteiger partial charge in [-0.05, 0) is 55.7 Å². The molecule has 0 spiro atoms. The first-order chi connectivity index (χ1) is 13.0. The van der Waals surface area contributed by atoms with Crippen molar-refractivity contribution in [2.24, 2.45) is 0 Å². The van der Waals surface area contributed by atoms with Gasteiger partial charge in [-0.2, -0.15) is 0 Å². The third-order valence-corrected chi connectivity index (χ3v) is 5.51. The number of benzene rings is 2. The van der Waals surface area contributed by atoms with Crippen LogP contribution in [0.3, 0.4) is 0 Å². The number of hydrogen-bond donors (Lipinski definition) is 2. The van der Waals surface area contributed by atoms with Crippen LogP contribution in [0.25, 0.3) is 0 Å². The molecule has 0 aliphatic carbocycles. The highest BCUT2D eigenvalue weighted by Crippen LogP contribution is 2.35. The molecule has 5 nitrogen and oxygen atoms in total. The molecule has 27 heavy (non-hydrogen) atoms. The molecule has 1 amide bonds. The summed E-state index contributed by atoms with van der Waals surface area (Å²) < 4.78 is 11.8. The van der Waals surface area contributed by atoms with Gasteiger partial charge in [0.25, 0.3) is 5.91 Å². The Morgan fingerprint density at radius 1 is 1.22 bits per heavy atom. The van der Waals surface area contributed by atoms with Gasteiger partial charge in [0.15, 0.2) is 0 Å². The number of ether oxygens (including phenoxy) is 2. The fraction of sp³-hybridized carbons (Fsp3) is 0.381. The zero-order valence-electron chi connectivity index (χ0n) is 15.3. The van der Waals surface area contributed by atoms with Crippen LogP contribution in [0.15, 0.2) is 46.9 Å². The average molecular weight is 434 g/mol. The van der Waals surface area contributed by atoms with Gasteiger partial charge in [0.1, 0.15) is 11.5 Å². The maximum absolute atomic E-state index is 12.6. The molecule has 2 aromatic carbocycles. The van der Waals surface area contributed by atoms with Gasteiger partial charge in [0, 0.05) is 29.6 Å². The molecule has 3 rings (SSSR count). The highest BCUT2D eigenvalue weighted by molar-refractivity contribution is 9.10. The summed E-state index contributed by atoms with van der Waals surface area (Å²) in [5.41, 5.74) is 1.24. The van der Waals surface area contributed by atoms with E-state index < -0.39 is 0 Å². The fourth-order valence-corrected chi connectivity index (χ4v) is 3.79. The number of rotatable bonds is 6. The van der Waals surface area contributed by atoms with Gasteiger partial charge in [0.2, 0.25) is 0 Å². The molecule has 0 radical (unpaired) electrons. The summed E-state index contributed by atoms with van der Waals surface area (Å²) in [6.45, 7) is 4.39. The van der Waals surface area contributed by atoms with Gasteiger partial charge in [0.05, 0.1) is 12.2 Å². The van der Waals surface area contributed by atoms with Crippen molar-refractivity contribution < 1.29 is 19.4 Å². The van der Waals surface area contributed by atoms with Crippen LogP contribution in [0.5, 0.6) is 11.5 Å². The van der Waals surface area contributed by atoms with Crippen LogP contribution in [-0.4, -0.2) is 37.4 Å². The van der Waals surface area contributed by atoms with E-state index in [4.69, 9.17) is 9.47 Å². The van der Waals surface area contributed by atoms with Crippen LogP contribution in [0.4, 0.5) is 0 Å². The van der Waals surface area contributed by atoms with E-state index in [2.05, 4.69) is 33.4 Å². The highest BCUT2D eigenvalue weighted by Gasteiger charge is 2.35. The second-order valence-electron chi connectivity index (χ2n) is 6.69. The Hall–Kier alpha value is -2.05. The third kappa shape index (κ3) is 4.62. The Labute approximate surface area is 167 Å². The molecule has 6 heteroatoms. The monoisotopic (exact) mass is 433 g/mol. The quantitative estimate of drug-likeness (QED) is 0.721. The Balaban J connectivity index is 1.77. The van der Waals surface area contributed by atoms with Crippen LogP contribution in [0.1, 0.15) is 35.7 Å². The van der Waals surface area contributed by atoms with Crippen molar-refractivity contribution in [3.8, 4) is 11.5 Å². The summed E-state index contributed by atoms with van der Waals surface area (Å²) in [5, 5.41) is 13.0. The molecule has 0 atom stereocenters. The van der Waals surface area contributed by atoms with E-state index in [0.29, 0.717) is 26.4 Å². The lowest BCUT2D eigenvalue weighted by Gasteiger charge is -2.38. The molecule has 2 aromatic rings. The largest absolute Gasteiger partial charge is 0.507 e. The number of aromatic hydroxyl groups is 1. The number of carbonyl (C=O) groups excluding carboxylic acids is 1. The van der Waals surface area contributed by atoms with Crippen LogP contribution in [-0.2, 0) is 10.2 Å². The zero-order valence-corrected chi connectivity index (χ0v) is 16.9. The maximum Gasteiger partial charge on any atom is 0.255 e. The first-order valence-corrected chi connectivity index (χ1v) is 9.91. The second-order valence-corrected chi connectivity index (χ2v) is 7.61. The minimum absolute atomic E-state index is 0.0380. The van der Waals surface area contributed by atoms with E-state index >= 15 is 0 Å². The second kappa shape index (κ2) is 8.76. The van der Waals surface area contributed by atoms with Crippen LogP contribution >= 0.6 is 15.9 Å². The molecule has 1 aliphatic rings. The molecule has 0 bridgehead atoms. The molecule has 2 N–H and O–H groups in total.